The largest absolute Gasteiger partial charge is 0.383 e. The highest BCUT2D eigenvalue weighted by Crippen LogP contribution is 2.42. The van der Waals surface area contributed by atoms with Crippen LogP contribution in [-0.4, -0.2) is 56.6 Å². The third kappa shape index (κ3) is 6.00. The van der Waals surface area contributed by atoms with Crippen LogP contribution < -0.4 is 10.2 Å². The van der Waals surface area contributed by atoms with Gasteiger partial charge in [0.15, 0.2) is 0 Å². The van der Waals surface area contributed by atoms with Crippen molar-refractivity contribution in [1.82, 2.24) is 10.2 Å². The first-order valence-corrected chi connectivity index (χ1v) is 12.8. The Balaban J connectivity index is 1.57. The second-order valence-corrected chi connectivity index (χ2v) is 9.11. The van der Waals surface area contributed by atoms with E-state index in [0.717, 1.165) is 25.2 Å². The van der Waals surface area contributed by atoms with Crippen LogP contribution in [0.2, 0.25) is 0 Å². The lowest BCUT2D eigenvalue weighted by atomic mass is 9.79. The fourth-order valence-corrected chi connectivity index (χ4v) is 5.04. The molecule has 0 saturated heterocycles. The number of anilines is 1. The number of fused-ring (bicyclic) bond motifs is 1. The van der Waals surface area contributed by atoms with Crippen molar-refractivity contribution in [2.24, 2.45) is 0 Å². The number of methoxy groups -OCH3 is 1. The third-order valence-electron chi connectivity index (χ3n) is 6.88. The van der Waals surface area contributed by atoms with E-state index in [1.54, 1.807) is 36.3 Å². The van der Waals surface area contributed by atoms with Crippen molar-refractivity contribution in [1.29, 1.82) is 0 Å². The van der Waals surface area contributed by atoms with Gasteiger partial charge in [-0.1, -0.05) is 48.5 Å². The topological polar surface area (TPSA) is 61.9 Å². The normalized spacial score (nSPS) is 16.8. The van der Waals surface area contributed by atoms with E-state index in [-0.39, 0.29) is 17.6 Å². The number of carbonyl (C=O) groups excluding carboxylic acids is 2. The summed E-state index contributed by atoms with van der Waals surface area (Å²) >= 11 is 0. The number of benzene rings is 3. The number of halogens is 1. The Hall–Kier alpha value is -3.71. The molecule has 0 aromatic heterocycles. The number of para-hydroxylation sites is 1. The van der Waals surface area contributed by atoms with Gasteiger partial charge < -0.3 is 19.9 Å². The molecule has 0 aliphatic carbocycles. The Kier molecular flexibility index (Phi) is 8.90. The molecule has 0 bridgehead atoms. The van der Waals surface area contributed by atoms with Gasteiger partial charge in [-0.3, -0.25) is 9.59 Å². The van der Waals surface area contributed by atoms with Crippen molar-refractivity contribution < 1.29 is 18.7 Å². The smallest absolute Gasteiger partial charge is 0.254 e. The highest BCUT2D eigenvalue weighted by molar-refractivity contribution is 6.01. The van der Waals surface area contributed by atoms with E-state index in [9.17, 15) is 14.0 Å². The molecule has 0 fully saturated rings. The highest BCUT2D eigenvalue weighted by Gasteiger charge is 2.43. The summed E-state index contributed by atoms with van der Waals surface area (Å²) in [7, 11) is 1.58. The van der Waals surface area contributed by atoms with Gasteiger partial charge >= 0.3 is 0 Å². The zero-order chi connectivity index (χ0) is 26.2. The van der Waals surface area contributed by atoms with E-state index in [2.05, 4.69) is 29.3 Å². The number of amides is 2. The van der Waals surface area contributed by atoms with Gasteiger partial charge in [0.2, 0.25) is 5.91 Å². The maximum Gasteiger partial charge on any atom is 0.254 e. The number of hydrogen-bond acceptors (Lipinski definition) is 4. The molecule has 0 saturated carbocycles. The summed E-state index contributed by atoms with van der Waals surface area (Å²) in [4.78, 5) is 31.2. The first kappa shape index (κ1) is 26.4. The minimum absolute atomic E-state index is 0.153. The van der Waals surface area contributed by atoms with Crippen LogP contribution in [0.25, 0.3) is 0 Å². The number of carbonyl (C=O) groups is 2. The molecule has 0 unspecified atom stereocenters. The molecule has 194 valence electrons. The maximum atomic E-state index is 13.8. The van der Waals surface area contributed by atoms with Crippen molar-refractivity contribution in [3.8, 4) is 0 Å². The number of nitrogens with zero attached hydrogens (tertiary/aromatic N) is 2. The molecule has 1 aliphatic heterocycles. The van der Waals surface area contributed by atoms with Crippen LogP contribution in [0.1, 0.15) is 46.8 Å². The second kappa shape index (κ2) is 12.5. The van der Waals surface area contributed by atoms with Crippen LogP contribution in [0.15, 0.2) is 78.9 Å². The average molecular weight is 504 g/mol. The molecule has 1 N–H and O–H groups in total. The van der Waals surface area contributed by atoms with Crippen LogP contribution >= 0.6 is 0 Å². The molecule has 37 heavy (non-hydrogen) atoms. The molecule has 7 heteroatoms. The predicted octanol–water partition coefficient (Wildman–Crippen LogP) is 4.79. The summed E-state index contributed by atoms with van der Waals surface area (Å²) in [6, 6.07) is 22.9. The maximum absolute atomic E-state index is 13.8. The van der Waals surface area contributed by atoms with Gasteiger partial charge in [0.25, 0.3) is 5.91 Å². The quantitative estimate of drug-likeness (QED) is 0.383. The average Bonchev–Trinajstić information content (AvgIpc) is 2.93. The molecule has 2 atom stereocenters. The summed E-state index contributed by atoms with van der Waals surface area (Å²) in [5.74, 6) is -1.31. The molecule has 0 radical (unpaired) electrons. The first-order chi connectivity index (χ1) is 18.0. The van der Waals surface area contributed by atoms with Crippen LogP contribution in [0.3, 0.4) is 0 Å². The SMILES string of the molecule is CCN(CCCNC(=O)[C@H]1c2ccccc2C(=O)N(CCOC)[C@@H]1c1ccc(F)cc1)c1ccccc1. The predicted molar refractivity (Wildman–Crippen MR) is 143 cm³/mol. The molecule has 2 amide bonds. The van der Waals surface area contributed by atoms with Gasteiger partial charge in [-0.15, -0.1) is 0 Å². The zero-order valence-corrected chi connectivity index (χ0v) is 21.4. The fraction of sp³-hybridized carbons (Fsp3) is 0.333. The van der Waals surface area contributed by atoms with E-state index >= 15 is 0 Å². The van der Waals surface area contributed by atoms with Crippen LogP contribution in [-0.2, 0) is 9.53 Å². The number of hydrogen-bond donors (Lipinski definition) is 1. The number of nitrogens with one attached hydrogen (secondary N) is 1. The summed E-state index contributed by atoms with van der Waals surface area (Å²) < 4.78 is 19.0. The Morgan fingerprint density at radius 2 is 1.73 bits per heavy atom. The summed E-state index contributed by atoms with van der Waals surface area (Å²) in [5, 5.41) is 3.12. The second-order valence-electron chi connectivity index (χ2n) is 9.11. The van der Waals surface area contributed by atoms with Gasteiger partial charge in [-0.2, -0.15) is 0 Å². The molecule has 6 nitrogen and oxygen atoms in total. The van der Waals surface area contributed by atoms with E-state index in [4.69, 9.17) is 4.74 Å². The zero-order valence-electron chi connectivity index (χ0n) is 21.4. The van der Waals surface area contributed by atoms with Gasteiger partial charge in [0.05, 0.1) is 18.6 Å². The molecule has 3 aromatic rings. The molecule has 0 spiro atoms. The van der Waals surface area contributed by atoms with Crippen molar-refractivity contribution >= 4 is 17.5 Å². The van der Waals surface area contributed by atoms with E-state index in [1.165, 1.54) is 12.1 Å². The van der Waals surface area contributed by atoms with Crippen molar-refractivity contribution in [2.75, 3.05) is 44.8 Å². The lowest BCUT2D eigenvalue weighted by molar-refractivity contribution is -0.124. The number of rotatable bonds is 11. The van der Waals surface area contributed by atoms with Crippen molar-refractivity contribution in [2.45, 2.75) is 25.3 Å². The van der Waals surface area contributed by atoms with Crippen LogP contribution in [0.4, 0.5) is 10.1 Å². The van der Waals surface area contributed by atoms with Gasteiger partial charge in [0.1, 0.15) is 5.82 Å². The Bertz CT molecular complexity index is 1190. The van der Waals surface area contributed by atoms with E-state index in [1.807, 2.05) is 30.3 Å². The van der Waals surface area contributed by atoms with Crippen molar-refractivity contribution in [3.63, 3.8) is 0 Å². The van der Waals surface area contributed by atoms with Gasteiger partial charge in [-0.05, 0) is 54.8 Å². The number of ether oxygens (including phenoxy) is 1. The lowest BCUT2D eigenvalue weighted by Crippen LogP contribution is -2.48. The molecular weight excluding hydrogens is 469 g/mol. The third-order valence-corrected chi connectivity index (χ3v) is 6.88. The molecule has 1 heterocycles. The molecule has 3 aromatic carbocycles. The summed E-state index contributed by atoms with van der Waals surface area (Å²) in [5.41, 5.74) is 3.06. The van der Waals surface area contributed by atoms with Crippen LogP contribution in [0, 0.1) is 5.82 Å². The Morgan fingerprint density at radius 3 is 2.43 bits per heavy atom. The molecular formula is C30H34FN3O3. The van der Waals surface area contributed by atoms with Crippen molar-refractivity contribution in [3.05, 3.63) is 101 Å². The monoisotopic (exact) mass is 503 g/mol. The fourth-order valence-electron chi connectivity index (χ4n) is 5.04. The standard InChI is InChI=1S/C30H34FN3O3/c1-3-33(24-10-5-4-6-11-24)19-9-18-32-29(35)27-25-12-7-8-13-26(25)30(36)34(20-21-37-2)28(27)22-14-16-23(31)17-15-22/h4-8,10-17,27-28H,3,9,18-21H2,1-2H3,(H,32,35)/t27-,28+/m0/s1. The minimum Gasteiger partial charge on any atom is -0.383 e. The summed E-state index contributed by atoms with van der Waals surface area (Å²) in [6.07, 6.45) is 0.774. The van der Waals surface area contributed by atoms with Gasteiger partial charge in [-0.25, -0.2) is 4.39 Å². The van der Waals surface area contributed by atoms with Crippen LogP contribution in [0.5, 0.6) is 0 Å². The highest BCUT2D eigenvalue weighted by atomic mass is 19.1. The lowest BCUT2D eigenvalue weighted by Gasteiger charge is -2.41. The molecule has 1 aliphatic rings. The molecule has 4 rings (SSSR count). The Morgan fingerprint density at radius 1 is 1.03 bits per heavy atom. The first-order valence-electron chi connectivity index (χ1n) is 12.8. The minimum atomic E-state index is -0.632. The van der Waals surface area contributed by atoms with Gasteiger partial charge in [0, 0.05) is 44.5 Å². The van der Waals surface area contributed by atoms with E-state index < -0.39 is 12.0 Å². The summed E-state index contributed by atoms with van der Waals surface area (Å²) in [6.45, 7) is 4.94. The Labute approximate surface area is 218 Å². The van der Waals surface area contributed by atoms with E-state index in [0.29, 0.717) is 36.4 Å².